The van der Waals surface area contributed by atoms with Gasteiger partial charge in [0.1, 0.15) is 11.6 Å². The third-order valence-corrected chi connectivity index (χ3v) is 1.75. The fourth-order valence-electron chi connectivity index (χ4n) is 0.953. The molecule has 0 aliphatic carbocycles. The van der Waals surface area contributed by atoms with Gasteiger partial charge in [-0.2, -0.15) is 14.0 Å². The van der Waals surface area contributed by atoms with Crippen molar-refractivity contribution in [3.8, 4) is 11.8 Å². The van der Waals surface area contributed by atoms with E-state index in [1.807, 2.05) is 0 Å². The first-order valence-electron chi connectivity index (χ1n) is 4.34. The van der Waals surface area contributed by atoms with Crippen LogP contribution in [-0.4, -0.2) is 19.0 Å². The van der Waals surface area contributed by atoms with E-state index in [4.69, 9.17) is 5.26 Å². The van der Waals surface area contributed by atoms with E-state index in [0.717, 1.165) is 18.2 Å². The van der Waals surface area contributed by atoms with E-state index in [0.29, 0.717) is 0 Å². The van der Waals surface area contributed by atoms with Crippen molar-refractivity contribution in [2.24, 2.45) is 0 Å². The maximum atomic E-state index is 12.8. The topological polar surface area (TPSA) is 33.0 Å². The monoisotopic (exact) mass is 251 g/mol. The normalized spacial score (nSPS) is 11.4. The molecule has 2 nitrogen and oxygen atoms in total. The SMILES string of the molecule is N#Cc1cc(F)cc(OCC(F)(F)C(F)F)c1. The fraction of sp³-hybridized carbons (Fsp3) is 0.300. The van der Waals surface area contributed by atoms with Crippen LogP contribution in [0.1, 0.15) is 5.56 Å². The third kappa shape index (κ3) is 3.59. The Balaban J connectivity index is 2.77. The van der Waals surface area contributed by atoms with E-state index in [2.05, 4.69) is 4.74 Å². The quantitative estimate of drug-likeness (QED) is 0.770. The highest BCUT2D eigenvalue weighted by Gasteiger charge is 2.41. The van der Waals surface area contributed by atoms with Crippen molar-refractivity contribution in [2.45, 2.75) is 12.3 Å². The van der Waals surface area contributed by atoms with Crippen LogP contribution in [0.25, 0.3) is 0 Å². The summed E-state index contributed by atoms with van der Waals surface area (Å²) in [7, 11) is 0. The van der Waals surface area contributed by atoms with Gasteiger partial charge >= 0.3 is 12.3 Å². The van der Waals surface area contributed by atoms with Crippen molar-refractivity contribution >= 4 is 0 Å². The van der Waals surface area contributed by atoms with Crippen LogP contribution in [0, 0.1) is 17.1 Å². The number of halogens is 5. The van der Waals surface area contributed by atoms with Gasteiger partial charge in [-0.25, -0.2) is 13.2 Å². The van der Waals surface area contributed by atoms with E-state index in [-0.39, 0.29) is 5.56 Å². The lowest BCUT2D eigenvalue weighted by Crippen LogP contribution is -2.33. The minimum Gasteiger partial charge on any atom is -0.487 e. The maximum Gasteiger partial charge on any atom is 0.340 e. The fourth-order valence-corrected chi connectivity index (χ4v) is 0.953. The Hall–Kier alpha value is -1.84. The lowest BCUT2D eigenvalue weighted by molar-refractivity contribution is -0.148. The van der Waals surface area contributed by atoms with E-state index >= 15 is 0 Å². The van der Waals surface area contributed by atoms with Gasteiger partial charge in [0.05, 0.1) is 11.6 Å². The van der Waals surface area contributed by atoms with Crippen molar-refractivity contribution < 1.29 is 26.7 Å². The molecule has 0 aliphatic rings. The van der Waals surface area contributed by atoms with Crippen molar-refractivity contribution in [3.05, 3.63) is 29.6 Å². The second-order valence-electron chi connectivity index (χ2n) is 3.14. The summed E-state index contributed by atoms with van der Waals surface area (Å²) >= 11 is 0. The molecule has 0 amide bonds. The Kier molecular flexibility index (Phi) is 3.89. The summed E-state index contributed by atoms with van der Waals surface area (Å²) < 4.78 is 65.7. The smallest absolute Gasteiger partial charge is 0.340 e. The van der Waals surface area contributed by atoms with Crippen LogP contribution in [0.15, 0.2) is 18.2 Å². The lowest BCUT2D eigenvalue weighted by Gasteiger charge is -2.15. The summed E-state index contributed by atoms with van der Waals surface area (Å²) in [5.74, 6) is -5.60. The molecule has 0 bridgehead atoms. The van der Waals surface area contributed by atoms with Crippen molar-refractivity contribution in [1.82, 2.24) is 0 Å². The van der Waals surface area contributed by atoms with Gasteiger partial charge in [-0.1, -0.05) is 0 Å². The first-order valence-corrected chi connectivity index (χ1v) is 4.34. The lowest BCUT2D eigenvalue weighted by atomic mass is 10.2. The van der Waals surface area contributed by atoms with E-state index < -0.39 is 30.5 Å². The van der Waals surface area contributed by atoms with Gasteiger partial charge < -0.3 is 4.74 Å². The molecule has 1 aromatic rings. The number of benzene rings is 1. The maximum absolute atomic E-state index is 12.8. The van der Waals surface area contributed by atoms with Crippen LogP contribution < -0.4 is 4.74 Å². The highest BCUT2D eigenvalue weighted by atomic mass is 19.3. The summed E-state index contributed by atoms with van der Waals surface area (Å²) in [6, 6.07) is 4.13. The molecule has 0 N–H and O–H groups in total. The van der Waals surface area contributed by atoms with Gasteiger partial charge in [-0.05, 0) is 12.1 Å². The minimum atomic E-state index is -4.32. The van der Waals surface area contributed by atoms with Gasteiger partial charge in [0, 0.05) is 6.07 Å². The number of hydrogen-bond acceptors (Lipinski definition) is 2. The Bertz CT molecular complexity index is 441. The molecule has 0 saturated heterocycles. The number of nitriles is 1. The van der Waals surface area contributed by atoms with Crippen LogP contribution in [0.3, 0.4) is 0 Å². The molecule has 17 heavy (non-hydrogen) atoms. The molecule has 0 aromatic heterocycles. The molecule has 0 radical (unpaired) electrons. The van der Waals surface area contributed by atoms with Crippen LogP contribution in [-0.2, 0) is 0 Å². The predicted molar refractivity (Wildman–Crippen MR) is 47.6 cm³/mol. The number of hydrogen-bond donors (Lipinski definition) is 0. The predicted octanol–water partition coefficient (Wildman–Crippen LogP) is 2.98. The minimum absolute atomic E-state index is 0.152. The molecule has 0 atom stereocenters. The van der Waals surface area contributed by atoms with Gasteiger partial charge in [-0.3, -0.25) is 0 Å². The number of alkyl halides is 4. The zero-order chi connectivity index (χ0) is 13.1. The number of rotatable bonds is 4. The summed E-state index contributed by atoms with van der Waals surface area (Å²) in [5.41, 5.74) is -0.152. The first-order chi connectivity index (χ1) is 7.85. The highest BCUT2D eigenvalue weighted by molar-refractivity contribution is 5.37. The summed E-state index contributed by atoms with van der Waals surface area (Å²) in [6.07, 6.45) is -3.87. The summed E-state index contributed by atoms with van der Waals surface area (Å²) in [4.78, 5) is 0. The Labute approximate surface area is 93.2 Å². The Morgan fingerprint density at radius 3 is 2.47 bits per heavy atom. The molecule has 0 saturated carbocycles. The molecule has 0 unspecified atom stereocenters. The van der Waals surface area contributed by atoms with Gasteiger partial charge in [-0.15, -0.1) is 0 Å². The molecule has 92 valence electrons. The average Bonchev–Trinajstić information content (AvgIpc) is 2.25. The number of ether oxygens (including phenoxy) is 1. The average molecular weight is 251 g/mol. The Morgan fingerprint density at radius 2 is 1.94 bits per heavy atom. The van der Waals surface area contributed by atoms with Crippen LogP contribution in [0.5, 0.6) is 5.75 Å². The van der Waals surface area contributed by atoms with Crippen molar-refractivity contribution in [2.75, 3.05) is 6.61 Å². The largest absolute Gasteiger partial charge is 0.487 e. The van der Waals surface area contributed by atoms with Crippen molar-refractivity contribution in [1.29, 1.82) is 5.26 Å². The molecule has 1 rings (SSSR count). The second kappa shape index (κ2) is 4.99. The standard InChI is InChI=1S/C10H6F5NO/c11-7-1-6(4-16)2-8(3-7)17-5-10(14,15)9(12)13/h1-3,9H,5H2. The molecule has 1 aromatic carbocycles. The summed E-state index contributed by atoms with van der Waals surface area (Å²) in [6.45, 7) is -1.58. The van der Waals surface area contributed by atoms with Gasteiger partial charge in [0.25, 0.3) is 0 Å². The molecule has 0 heterocycles. The highest BCUT2D eigenvalue weighted by Crippen LogP contribution is 2.25. The van der Waals surface area contributed by atoms with E-state index in [1.54, 1.807) is 6.07 Å². The first kappa shape index (κ1) is 13.2. The van der Waals surface area contributed by atoms with Gasteiger partial charge in [0.15, 0.2) is 6.61 Å². The molecular weight excluding hydrogens is 245 g/mol. The van der Waals surface area contributed by atoms with Crippen molar-refractivity contribution in [3.63, 3.8) is 0 Å². The second-order valence-corrected chi connectivity index (χ2v) is 3.14. The summed E-state index contributed by atoms with van der Waals surface area (Å²) in [5, 5.41) is 8.46. The number of nitrogens with zero attached hydrogens (tertiary/aromatic N) is 1. The van der Waals surface area contributed by atoms with E-state index in [9.17, 15) is 22.0 Å². The molecule has 0 aliphatic heterocycles. The third-order valence-electron chi connectivity index (χ3n) is 1.75. The van der Waals surface area contributed by atoms with Crippen LogP contribution in [0.2, 0.25) is 0 Å². The molecule has 0 spiro atoms. The zero-order valence-electron chi connectivity index (χ0n) is 8.26. The molecule has 7 heteroatoms. The van der Waals surface area contributed by atoms with E-state index in [1.165, 1.54) is 0 Å². The van der Waals surface area contributed by atoms with Crippen LogP contribution in [0.4, 0.5) is 22.0 Å². The Morgan fingerprint density at radius 1 is 1.29 bits per heavy atom. The van der Waals surface area contributed by atoms with Crippen LogP contribution >= 0.6 is 0 Å². The van der Waals surface area contributed by atoms with Gasteiger partial charge in [0.2, 0.25) is 0 Å². The molecular formula is C10H6F5NO. The zero-order valence-corrected chi connectivity index (χ0v) is 8.26. The molecule has 0 fully saturated rings.